The molecule has 0 fully saturated rings. The lowest BCUT2D eigenvalue weighted by molar-refractivity contribution is -0.134. The van der Waals surface area contributed by atoms with Crippen molar-refractivity contribution in [1.82, 2.24) is 0 Å². The zero-order chi connectivity index (χ0) is 12.7. The Labute approximate surface area is 104 Å². The van der Waals surface area contributed by atoms with Crippen molar-refractivity contribution in [3.8, 4) is 5.75 Å². The van der Waals surface area contributed by atoms with Gasteiger partial charge in [-0.2, -0.15) is 5.10 Å². The number of methoxy groups -OCH3 is 1. The monoisotopic (exact) mass is 256 g/mol. The zero-order valence-corrected chi connectivity index (χ0v) is 10.3. The second-order valence-electron chi connectivity index (χ2n) is 2.97. The lowest BCUT2D eigenvalue weighted by Crippen LogP contribution is -2.13. The first kappa shape index (κ1) is 13.3. The van der Waals surface area contributed by atoms with E-state index in [-0.39, 0.29) is 11.8 Å². The number of nitrogens with zero attached hydrogens (tertiary/aromatic N) is 1. The van der Waals surface area contributed by atoms with Crippen LogP contribution in [0.1, 0.15) is 6.92 Å². The van der Waals surface area contributed by atoms with Gasteiger partial charge < -0.3 is 9.47 Å². The van der Waals surface area contributed by atoms with E-state index < -0.39 is 5.97 Å². The maximum absolute atomic E-state index is 11.1. The number of hydrazone groups is 1. The Morgan fingerprint density at radius 3 is 2.94 bits per heavy atom. The number of esters is 1. The molecule has 0 spiro atoms. The fourth-order valence-corrected chi connectivity index (χ4v) is 1.14. The molecule has 0 unspecified atom stereocenters. The first-order chi connectivity index (χ1) is 8.17. The average Bonchev–Trinajstić information content (AvgIpc) is 2.36. The number of hydrogen-bond donors (Lipinski definition) is 1. The van der Waals surface area contributed by atoms with Crippen molar-refractivity contribution >= 4 is 28.4 Å². The van der Waals surface area contributed by atoms with Crippen molar-refractivity contribution in [2.45, 2.75) is 6.92 Å². The van der Waals surface area contributed by atoms with Crippen LogP contribution >= 0.6 is 11.6 Å². The van der Waals surface area contributed by atoms with Crippen molar-refractivity contribution in [2.75, 3.05) is 19.1 Å². The van der Waals surface area contributed by atoms with Crippen LogP contribution in [-0.2, 0) is 9.53 Å². The standard InChI is InChI=1S/C11H13ClN2O3/c1-3-17-11(15)10(12)14-13-8-5-4-6-9(7-8)16-2/h4-7,13H,3H2,1-2H3. The molecule has 1 aromatic carbocycles. The summed E-state index contributed by atoms with van der Waals surface area (Å²) in [4.78, 5) is 11.1. The molecule has 17 heavy (non-hydrogen) atoms. The largest absolute Gasteiger partial charge is 0.497 e. The van der Waals surface area contributed by atoms with Crippen LogP contribution in [0.4, 0.5) is 5.69 Å². The summed E-state index contributed by atoms with van der Waals surface area (Å²) in [5.74, 6) is 0.0158. The molecular weight excluding hydrogens is 244 g/mol. The third-order valence-corrected chi connectivity index (χ3v) is 2.04. The number of carbonyl (C=O) groups is 1. The fraction of sp³-hybridized carbons (Fsp3) is 0.273. The Bertz CT molecular complexity index is 421. The lowest BCUT2D eigenvalue weighted by atomic mass is 10.3. The molecule has 0 aliphatic rings. The van der Waals surface area contributed by atoms with Crippen LogP contribution < -0.4 is 10.2 Å². The molecule has 0 heterocycles. The minimum Gasteiger partial charge on any atom is -0.497 e. The Hall–Kier alpha value is -1.75. The number of halogens is 1. The molecule has 0 radical (unpaired) electrons. The molecule has 1 rings (SSSR count). The van der Waals surface area contributed by atoms with Gasteiger partial charge in [0.1, 0.15) is 5.75 Å². The highest BCUT2D eigenvalue weighted by Crippen LogP contribution is 2.16. The quantitative estimate of drug-likeness (QED) is 0.499. The molecule has 1 aromatic rings. The molecule has 1 N–H and O–H groups in total. The van der Waals surface area contributed by atoms with Gasteiger partial charge in [0.25, 0.3) is 0 Å². The topological polar surface area (TPSA) is 59.9 Å². The number of ether oxygens (including phenoxy) is 2. The van der Waals surface area contributed by atoms with E-state index in [2.05, 4.69) is 15.3 Å². The van der Waals surface area contributed by atoms with Gasteiger partial charge in [-0.1, -0.05) is 17.7 Å². The van der Waals surface area contributed by atoms with Crippen LogP contribution in [0.2, 0.25) is 0 Å². The van der Waals surface area contributed by atoms with Gasteiger partial charge in [-0.15, -0.1) is 0 Å². The molecule has 0 amide bonds. The van der Waals surface area contributed by atoms with E-state index in [1.807, 2.05) is 0 Å². The van der Waals surface area contributed by atoms with E-state index in [1.165, 1.54) is 0 Å². The number of hydrogen-bond acceptors (Lipinski definition) is 5. The van der Waals surface area contributed by atoms with E-state index in [9.17, 15) is 4.79 Å². The maximum atomic E-state index is 11.1. The van der Waals surface area contributed by atoms with Gasteiger partial charge in [-0.05, 0) is 19.1 Å². The van der Waals surface area contributed by atoms with Crippen LogP contribution in [0.25, 0.3) is 0 Å². The SMILES string of the molecule is CCOC(=O)C(Cl)=NNc1cccc(OC)c1. The van der Waals surface area contributed by atoms with Crippen molar-refractivity contribution in [3.05, 3.63) is 24.3 Å². The summed E-state index contributed by atoms with van der Waals surface area (Å²) in [6, 6.07) is 7.07. The number of anilines is 1. The van der Waals surface area contributed by atoms with Gasteiger partial charge in [0.15, 0.2) is 0 Å². The van der Waals surface area contributed by atoms with Crippen LogP contribution in [0.3, 0.4) is 0 Å². The summed E-state index contributed by atoms with van der Waals surface area (Å²) in [5.41, 5.74) is 3.29. The zero-order valence-electron chi connectivity index (χ0n) is 9.57. The smallest absolute Gasteiger partial charge is 0.370 e. The van der Waals surface area contributed by atoms with Gasteiger partial charge in [0.2, 0.25) is 5.17 Å². The highest BCUT2D eigenvalue weighted by molar-refractivity contribution is 6.82. The summed E-state index contributed by atoms with van der Waals surface area (Å²) in [6.45, 7) is 1.95. The molecule has 0 aliphatic heterocycles. The van der Waals surface area contributed by atoms with Crippen molar-refractivity contribution in [3.63, 3.8) is 0 Å². The molecular formula is C11H13ClN2O3. The van der Waals surface area contributed by atoms with E-state index in [0.717, 1.165) is 0 Å². The molecule has 0 atom stereocenters. The van der Waals surface area contributed by atoms with Gasteiger partial charge >= 0.3 is 5.97 Å². The average molecular weight is 257 g/mol. The van der Waals surface area contributed by atoms with Crippen molar-refractivity contribution in [2.24, 2.45) is 5.10 Å². The molecule has 92 valence electrons. The Balaban J connectivity index is 2.65. The molecule has 0 aliphatic carbocycles. The minimum absolute atomic E-state index is 0.254. The molecule has 6 heteroatoms. The molecule has 0 saturated carbocycles. The predicted octanol–water partition coefficient (Wildman–Crippen LogP) is 2.22. The Morgan fingerprint density at radius 1 is 1.53 bits per heavy atom. The van der Waals surface area contributed by atoms with Gasteiger partial charge in [-0.3, -0.25) is 5.43 Å². The number of rotatable bonds is 5. The fourth-order valence-electron chi connectivity index (χ4n) is 1.04. The van der Waals surface area contributed by atoms with E-state index >= 15 is 0 Å². The van der Waals surface area contributed by atoms with Crippen LogP contribution in [-0.4, -0.2) is 24.9 Å². The maximum Gasteiger partial charge on any atom is 0.370 e. The van der Waals surface area contributed by atoms with Gasteiger partial charge in [0.05, 0.1) is 19.4 Å². The third-order valence-electron chi connectivity index (χ3n) is 1.80. The minimum atomic E-state index is -0.662. The third kappa shape index (κ3) is 4.32. The Kier molecular flexibility index (Phi) is 5.29. The van der Waals surface area contributed by atoms with E-state index in [0.29, 0.717) is 11.4 Å². The normalized spacial score (nSPS) is 10.9. The number of benzene rings is 1. The predicted molar refractivity (Wildman–Crippen MR) is 66.5 cm³/mol. The number of carbonyl (C=O) groups excluding carboxylic acids is 1. The van der Waals surface area contributed by atoms with Gasteiger partial charge in [-0.25, -0.2) is 4.79 Å². The second kappa shape index (κ2) is 6.75. The summed E-state index contributed by atoms with van der Waals surface area (Å²) in [5, 5.41) is 3.44. The Morgan fingerprint density at radius 2 is 2.29 bits per heavy atom. The van der Waals surface area contributed by atoms with Crippen LogP contribution in [0, 0.1) is 0 Å². The molecule has 5 nitrogen and oxygen atoms in total. The highest BCUT2D eigenvalue weighted by atomic mass is 35.5. The van der Waals surface area contributed by atoms with E-state index in [1.54, 1.807) is 38.3 Å². The molecule has 0 aromatic heterocycles. The second-order valence-corrected chi connectivity index (χ2v) is 3.32. The first-order valence-corrected chi connectivity index (χ1v) is 5.35. The summed E-state index contributed by atoms with van der Waals surface area (Å²) < 4.78 is 9.71. The summed E-state index contributed by atoms with van der Waals surface area (Å²) in [6.07, 6.45) is 0. The van der Waals surface area contributed by atoms with Gasteiger partial charge in [0, 0.05) is 6.07 Å². The highest BCUT2D eigenvalue weighted by Gasteiger charge is 2.08. The lowest BCUT2D eigenvalue weighted by Gasteiger charge is -2.04. The number of nitrogens with one attached hydrogen (secondary N) is 1. The van der Waals surface area contributed by atoms with Crippen LogP contribution in [0.15, 0.2) is 29.4 Å². The molecule has 0 bridgehead atoms. The summed E-state index contributed by atoms with van der Waals surface area (Å²) in [7, 11) is 1.56. The van der Waals surface area contributed by atoms with Crippen molar-refractivity contribution in [1.29, 1.82) is 0 Å². The summed E-state index contributed by atoms with van der Waals surface area (Å²) >= 11 is 5.62. The first-order valence-electron chi connectivity index (χ1n) is 4.97. The van der Waals surface area contributed by atoms with E-state index in [4.69, 9.17) is 16.3 Å². The van der Waals surface area contributed by atoms with Crippen molar-refractivity contribution < 1.29 is 14.3 Å². The molecule has 0 saturated heterocycles. The van der Waals surface area contributed by atoms with Crippen LogP contribution in [0.5, 0.6) is 5.75 Å².